The molecule has 3 heterocycles. The Balaban J connectivity index is 1.28. The number of ether oxygens (including phenoxy) is 1. The van der Waals surface area contributed by atoms with Crippen LogP contribution in [0.25, 0.3) is 10.7 Å². The third-order valence-corrected chi connectivity index (χ3v) is 5.49. The maximum absolute atomic E-state index is 12.0. The molecule has 0 aliphatic carbocycles. The highest BCUT2D eigenvalue weighted by Gasteiger charge is 2.18. The molecule has 8 heteroatoms. The second-order valence-electron chi connectivity index (χ2n) is 6.47. The molecule has 1 fully saturated rings. The van der Waals surface area contributed by atoms with E-state index in [0.29, 0.717) is 43.6 Å². The molecule has 1 aliphatic heterocycles. The number of hydrogen-bond acceptors (Lipinski definition) is 7. The number of amides is 1. The Morgan fingerprint density at radius 1 is 1.46 bits per heavy atom. The van der Waals surface area contributed by atoms with Gasteiger partial charge < -0.3 is 19.5 Å². The molecule has 2 aromatic rings. The molecule has 0 atom stereocenters. The number of aryl methyl sites for hydroxylation is 1. The summed E-state index contributed by atoms with van der Waals surface area (Å²) in [5.74, 6) is 1.29. The fraction of sp³-hybridized carbons (Fsp3) is 0.611. The topological polar surface area (TPSA) is 80.5 Å². The van der Waals surface area contributed by atoms with Crippen molar-refractivity contribution in [3.63, 3.8) is 0 Å². The molecule has 1 amide bonds. The first kappa shape index (κ1) is 19.0. The van der Waals surface area contributed by atoms with Crippen LogP contribution in [0.2, 0.25) is 0 Å². The third kappa shape index (κ3) is 5.62. The van der Waals surface area contributed by atoms with Gasteiger partial charge in [0.15, 0.2) is 0 Å². The molecule has 7 nitrogen and oxygen atoms in total. The van der Waals surface area contributed by atoms with Gasteiger partial charge in [-0.25, -0.2) is 0 Å². The average molecular weight is 378 g/mol. The van der Waals surface area contributed by atoms with Crippen LogP contribution in [0, 0.1) is 0 Å². The number of rotatable bonds is 9. The molecule has 1 saturated heterocycles. The highest BCUT2D eigenvalue weighted by Crippen LogP contribution is 2.21. The summed E-state index contributed by atoms with van der Waals surface area (Å²) in [4.78, 5) is 19.7. The minimum absolute atomic E-state index is 0.0785. The Morgan fingerprint density at radius 3 is 3.04 bits per heavy atom. The largest absolute Gasteiger partial charge is 0.381 e. The van der Waals surface area contributed by atoms with Gasteiger partial charge in [0.1, 0.15) is 0 Å². The van der Waals surface area contributed by atoms with Crippen LogP contribution in [-0.2, 0) is 16.0 Å². The normalized spacial score (nSPS) is 16.0. The van der Waals surface area contributed by atoms with Crippen LogP contribution in [0.4, 0.5) is 0 Å². The molecule has 2 aromatic heterocycles. The molecule has 1 N–H and O–H groups in total. The molecule has 142 valence electrons. The van der Waals surface area contributed by atoms with E-state index in [1.165, 1.54) is 0 Å². The van der Waals surface area contributed by atoms with E-state index in [0.717, 1.165) is 37.4 Å². The lowest BCUT2D eigenvalue weighted by molar-refractivity contribution is -0.121. The molecule has 0 aromatic carbocycles. The number of hydrogen-bond donors (Lipinski definition) is 1. The second-order valence-corrected chi connectivity index (χ2v) is 7.42. The molecule has 26 heavy (non-hydrogen) atoms. The van der Waals surface area contributed by atoms with Gasteiger partial charge in [0.05, 0.1) is 11.0 Å². The number of aromatic nitrogens is 2. The van der Waals surface area contributed by atoms with Crippen molar-refractivity contribution in [1.29, 1.82) is 0 Å². The first-order chi connectivity index (χ1) is 12.7. The first-order valence-electron chi connectivity index (χ1n) is 9.13. The zero-order chi connectivity index (χ0) is 18.2. The van der Waals surface area contributed by atoms with Crippen LogP contribution >= 0.6 is 11.3 Å². The zero-order valence-electron chi connectivity index (χ0n) is 15.1. The summed E-state index contributed by atoms with van der Waals surface area (Å²) in [7, 11) is 1.78. The van der Waals surface area contributed by atoms with Crippen molar-refractivity contribution in [3.05, 3.63) is 23.4 Å². The maximum atomic E-state index is 12.0. The molecule has 0 bridgehead atoms. The Hall–Kier alpha value is -1.77. The van der Waals surface area contributed by atoms with Crippen molar-refractivity contribution in [2.75, 3.05) is 33.3 Å². The predicted molar refractivity (Wildman–Crippen MR) is 100 cm³/mol. The average Bonchev–Trinajstić information content (AvgIpc) is 3.34. The van der Waals surface area contributed by atoms with E-state index in [-0.39, 0.29) is 5.91 Å². The van der Waals surface area contributed by atoms with E-state index in [1.807, 2.05) is 17.5 Å². The number of carbonyl (C=O) groups excluding carboxylic acids is 1. The van der Waals surface area contributed by atoms with Gasteiger partial charge in [-0.3, -0.25) is 4.79 Å². The standard InChI is InChI=1S/C18H26N4O3S/c1-24-14-7-10-22(11-8-14)12-9-19-16(23)5-2-6-17-20-18(21-25-17)15-4-3-13-26-15/h3-4,13-14H,2,5-12H2,1H3,(H,19,23). The van der Waals surface area contributed by atoms with Gasteiger partial charge in [0, 0.05) is 46.1 Å². The number of thiophene rings is 1. The number of likely N-dealkylation sites (tertiary alicyclic amines) is 1. The smallest absolute Gasteiger partial charge is 0.226 e. The SMILES string of the molecule is COC1CCN(CCNC(=O)CCCc2nc(-c3cccs3)no2)CC1. The van der Waals surface area contributed by atoms with E-state index < -0.39 is 0 Å². The zero-order valence-corrected chi connectivity index (χ0v) is 16.0. The molecular weight excluding hydrogens is 352 g/mol. The summed E-state index contributed by atoms with van der Waals surface area (Å²) < 4.78 is 10.6. The molecule has 0 saturated carbocycles. The van der Waals surface area contributed by atoms with Crippen molar-refractivity contribution in [2.24, 2.45) is 0 Å². The quantitative estimate of drug-likeness (QED) is 0.721. The van der Waals surface area contributed by atoms with Crippen molar-refractivity contribution in [1.82, 2.24) is 20.4 Å². The Bertz CT molecular complexity index is 666. The molecular formula is C18H26N4O3S. The van der Waals surface area contributed by atoms with Crippen LogP contribution in [0.1, 0.15) is 31.6 Å². The first-order valence-corrected chi connectivity index (χ1v) is 10.0. The van der Waals surface area contributed by atoms with Gasteiger partial charge in [-0.05, 0) is 30.7 Å². The third-order valence-electron chi connectivity index (χ3n) is 4.62. The summed E-state index contributed by atoms with van der Waals surface area (Å²) in [6.45, 7) is 3.67. The number of nitrogens with one attached hydrogen (secondary N) is 1. The highest BCUT2D eigenvalue weighted by molar-refractivity contribution is 7.13. The van der Waals surface area contributed by atoms with Crippen LogP contribution in [-0.4, -0.2) is 60.3 Å². The van der Waals surface area contributed by atoms with Crippen LogP contribution in [0.3, 0.4) is 0 Å². The fourth-order valence-electron chi connectivity index (χ4n) is 3.07. The van der Waals surface area contributed by atoms with Crippen LogP contribution in [0.15, 0.2) is 22.0 Å². The van der Waals surface area contributed by atoms with Crippen LogP contribution in [0.5, 0.6) is 0 Å². The Kier molecular flexibility index (Phi) is 7.16. The number of nitrogens with zero attached hydrogens (tertiary/aromatic N) is 3. The molecule has 3 rings (SSSR count). The van der Waals surface area contributed by atoms with Crippen LogP contribution < -0.4 is 5.32 Å². The minimum Gasteiger partial charge on any atom is -0.381 e. The summed E-state index contributed by atoms with van der Waals surface area (Å²) in [6, 6.07) is 3.92. The Labute approximate surface area is 157 Å². The highest BCUT2D eigenvalue weighted by atomic mass is 32.1. The summed E-state index contributed by atoms with van der Waals surface area (Å²) in [6.07, 6.45) is 4.34. The van der Waals surface area contributed by atoms with E-state index in [2.05, 4.69) is 20.4 Å². The lowest BCUT2D eigenvalue weighted by Gasteiger charge is -2.31. The van der Waals surface area contributed by atoms with Gasteiger partial charge in [0.25, 0.3) is 0 Å². The van der Waals surface area contributed by atoms with E-state index in [1.54, 1.807) is 18.4 Å². The molecule has 0 radical (unpaired) electrons. The van der Waals surface area contributed by atoms with Crippen molar-refractivity contribution < 1.29 is 14.1 Å². The minimum atomic E-state index is 0.0785. The summed E-state index contributed by atoms with van der Waals surface area (Å²) in [5.41, 5.74) is 0. The summed E-state index contributed by atoms with van der Waals surface area (Å²) >= 11 is 1.58. The maximum Gasteiger partial charge on any atom is 0.226 e. The van der Waals surface area contributed by atoms with Gasteiger partial charge in [-0.1, -0.05) is 11.2 Å². The van der Waals surface area contributed by atoms with E-state index in [9.17, 15) is 4.79 Å². The van der Waals surface area contributed by atoms with E-state index >= 15 is 0 Å². The Morgan fingerprint density at radius 2 is 2.31 bits per heavy atom. The second kappa shape index (κ2) is 9.80. The lowest BCUT2D eigenvalue weighted by Crippen LogP contribution is -2.41. The van der Waals surface area contributed by atoms with E-state index in [4.69, 9.17) is 9.26 Å². The summed E-state index contributed by atoms with van der Waals surface area (Å²) in [5, 5.41) is 8.95. The predicted octanol–water partition coefficient (Wildman–Crippen LogP) is 2.35. The van der Waals surface area contributed by atoms with Gasteiger partial charge in [-0.2, -0.15) is 4.98 Å². The van der Waals surface area contributed by atoms with Crippen molar-refractivity contribution >= 4 is 17.2 Å². The molecule has 0 spiro atoms. The lowest BCUT2D eigenvalue weighted by atomic mass is 10.1. The number of piperidine rings is 1. The van der Waals surface area contributed by atoms with Crippen molar-refractivity contribution in [2.45, 2.75) is 38.2 Å². The fourth-order valence-corrected chi connectivity index (χ4v) is 3.72. The van der Waals surface area contributed by atoms with Crippen molar-refractivity contribution in [3.8, 4) is 10.7 Å². The number of carbonyl (C=O) groups is 1. The molecule has 0 unspecified atom stereocenters. The monoisotopic (exact) mass is 378 g/mol. The van der Waals surface area contributed by atoms with Gasteiger partial charge >= 0.3 is 0 Å². The molecule has 1 aliphatic rings. The van der Waals surface area contributed by atoms with Gasteiger partial charge in [-0.15, -0.1) is 11.3 Å². The van der Waals surface area contributed by atoms with Gasteiger partial charge in [0.2, 0.25) is 17.6 Å². The number of methoxy groups -OCH3 is 1.